The van der Waals surface area contributed by atoms with Gasteiger partial charge in [-0.3, -0.25) is 24.5 Å². The lowest BCUT2D eigenvalue weighted by Gasteiger charge is -2.31. The van der Waals surface area contributed by atoms with Crippen LogP contribution in [-0.2, 0) is 11.3 Å². The third-order valence-electron chi connectivity index (χ3n) is 11.2. The van der Waals surface area contributed by atoms with Crippen molar-refractivity contribution in [1.82, 2.24) is 45.2 Å². The van der Waals surface area contributed by atoms with Crippen LogP contribution >= 0.6 is 34.4 Å². The molecule has 1 aliphatic heterocycles. The fourth-order valence-corrected chi connectivity index (χ4v) is 9.68. The van der Waals surface area contributed by atoms with E-state index in [1.54, 1.807) is 11.8 Å². The molecule has 0 aliphatic carbocycles. The molecule has 3 aromatic carbocycles. The molecule has 8 rings (SSSR count). The molecule has 0 atom stereocenters. The molecule has 1 fully saturated rings. The number of hydrogen-bond acceptors (Lipinski definition) is 18. The highest BCUT2D eigenvalue weighted by molar-refractivity contribution is 7.99. The Morgan fingerprint density at radius 2 is 1.70 bits per heavy atom. The number of benzene rings is 3. The minimum atomic E-state index is -0.420. The highest BCUT2D eigenvalue weighted by Gasteiger charge is 2.25. The largest absolute Gasteiger partial charge is 0.393 e. The third kappa shape index (κ3) is 13.1. The van der Waals surface area contributed by atoms with Crippen molar-refractivity contribution in [2.45, 2.75) is 37.9 Å². The second-order valence-corrected chi connectivity index (χ2v) is 19.2. The normalized spacial score (nSPS) is 12.9. The Morgan fingerprint density at radius 1 is 0.958 bits per heavy atom. The number of anilines is 3. The van der Waals surface area contributed by atoms with Crippen molar-refractivity contribution in [3.8, 4) is 39.5 Å². The van der Waals surface area contributed by atoms with E-state index in [4.69, 9.17) is 22.3 Å². The van der Waals surface area contributed by atoms with Crippen molar-refractivity contribution in [3.05, 3.63) is 123 Å². The fourth-order valence-electron chi connectivity index (χ4n) is 7.54. The fraction of sp³-hybridized carbons (Fsp3) is 0.286. The Kier molecular flexibility index (Phi) is 17.3. The van der Waals surface area contributed by atoms with E-state index in [2.05, 4.69) is 69.9 Å². The lowest BCUT2D eigenvalue weighted by molar-refractivity contribution is -0.126. The van der Waals surface area contributed by atoms with E-state index in [9.17, 15) is 14.4 Å². The van der Waals surface area contributed by atoms with Crippen LogP contribution in [0.4, 0.5) is 28.1 Å². The van der Waals surface area contributed by atoms with Crippen LogP contribution in [0.1, 0.15) is 47.0 Å². The molecule has 1 saturated heterocycles. The number of nitrogens with one attached hydrogen (secondary N) is 4. The number of azo groups is 1. The van der Waals surface area contributed by atoms with Crippen LogP contribution in [0.25, 0.3) is 27.6 Å². The Hall–Kier alpha value is -7.26. The summed E-state index contributed by atoms with van der Waals surface area (Å²) in [6.07, 6.45) is 3.84. The first-order chi connectivity index (χ1) is 34.7. The van der Waals surface area contributed by atoms with Crippen molar-refractivity contribution >= 4 is 74.4 Å². The number of nitrogens with zero attached hydrogens (tertiary/aromatic N) is 9. The van der Waals surface area contributed by atoms with Gasteiger partial charge in [0.25, 0.3) is 5.91 Å². The predicted octanol–water partition coefficient (Wildman–Crippen LogP) is 6.56. The van der Waals surface area contributed by atoms with Gasteiger partial charge in [-0.25, -0.2) is 25.8 Å². The van der Waals surface area contributed by atoms with Crippen molar-refractivity contribution in [2.24, 2.45) is 27.7 Å². The second-order valence-electron chi connectivity index (χ2n) is 16.3. The maximum Gasteiger partial charge on any atom is 0.301 e. The number of nitrogens with two attached hydrogens (primary N) is 3. The van der Waals surface area contributed by atoms with Crippen molar-refractivity contribution < 1.29 is 9.59 Å². The van der Waals surface area contributed by atoms with Gasteiger partial charge in [-0.15, -0.1) is 21.6 Å². The number of nitrogen functional groups attached to an aromatic ring is 1. The predicted molar refractivity (Wildman–Crippen MR) is 282 cm³/mol. The summed E-state index contributed by atoms with van der Waals surface area (Å²) < 4.78 is 1.37. The number of hydrogen-bond donors (Lipinski definition) is 7. The number of amides is 2. The van der Waals surface area contributed by atoms with Crippen molar-refractivity contribution in [3.63, 3.8) is 0 Å². The molecule has 5 heterocycles. The van der Waals surface area contributed by atoms with Gasteiger partial charge in [-0.05, 0) is 50.0 Å². The minimum Gasteiger partial charge on any atom is -0.393 e. The van der Waals surface area contributed by atoms with E-state index < -0.39 is 5.56 Å². The number of aromatic nitrogens is 6. The first-order valence-electron chi connectivity index (χ1n) is 23.1. The molecule has 4 aromatic heterocycles. The van der Waals surface area contributed by atoms with Crippen molar-refractivity contribution in [2.75, 3.05) is 67.6 Å². The van der Waals surface area contributed by atoms with Gasteiger partial charge in [0.15, 0.2) is 22.5 Å². The summed E-state index contributed by atoms with van der Waals surface area (Å²) in [5, 5.41) is 25.6. The maximum absolute atomic E-state index is 13.8. The number of aromatic amines is 1. The number of H-pyrrole nitrogens is 1. The molecule has 2 amide bonds. The zero-order valence-corrected chi connectivity index (χ0v) is 41.5. The molecule has 1 aliphatic rings. The molecule has 7 aromatic rings. The summed E-state index contributed by atoms with van der Waals surface area (Å²) in [6.45, 7) is 6.16. The molecule has 0 unspecified atom stereocenters. The molecular weight excluding hydrogens is 957 g/mol. The molecule has 0 bridgehead atoms. The van der Waals surface area contributed by atoms with E-state index in [0.29, 0.717) is 83.7 Å². The molecule has 71 heavy (non-hydrogen) atoms. The van der Waals surface area contributed by atoms with Gasteiger partial charge < -0.3 is 32.3 Å². The van der Waals surface area contributed by atoms with Crippen LogP contribution in [-0.4, -0.2) is 98.0 Å². The Labute approximate surface area is 422 Å². The lowest BCUT2D eigenvalue weighted by Crippen LogP contribution is -2.43. The highest BCUT2D eigenvalue weighted by atomic mass is 32.2. The smallest absolute Gasteiger partial charge is 0.301 e. The summed E-state index contributed by atoms with van der Waals surface area (Å²) in [5.74, 6) is 14.1. The number of piperidine rings is 1. The molecular formula is C49H54N16O3S3. The van der Waals surface area contributed by atoms with Gasteiger partial charge in [0.1, 0.15) is 10.6 Å². The number of carbonyl (C=O) groups is 2. The lowest BCUT2D eigenvalue weighted by atomic mass is 9.96. The number of rotatable bonds is 20. The SMILES string of the molecule is CCCSc1nc(NCCN)c(N)c(N(N)Cc2ccc(C#CCNC(=O)C3CCN(CCNC(=O)c4cnc(N=Nc5c(-c6ccccc6)[nH]n(-c6nc(-c7ccccc7)cs6)c5=O)s4)CC3)cc2)n1. The quantitative estimate of drug-likeness (QED) is 0.0106. The summed E-state index contributed by atoms with van der Waals surface area (Å²) >= 11 is 3.95. The number of carbonyl (C=O) groups excluding carboxylic acids is 2. The summed E-state index contributed by atoms with van der Waals surface area (Å²) in [7, 11) is 0. The Balaban J connectivity index is 0.767. The molecule has 0 radical (unpaired) electrons. The molecule has 366 valence electrons. The first kappa shape index (κ1) is 50.1. The summed E-state index contributed by atoms with van der Waals surface area (Å²) in [6, 6.07) is 26.8. The topological polar surface area (TPSA) is 269 Å². The van der Waals surface area contributed by atoms with E-state index in [1.165, 1.54) is 27.2 Å². The van der Waals surface area contributed by atoms with Crippen LogP contribution in [0, 0.1) is 17.8 Å². The monoisotopic (exact) mass is 1010 g/mol. The van der Waals surface area contributed by atoms with E-state index in [1.807, 2.05) is 90.3 Å². The van der Waals surface area contributed by atoms with Crippen LogP contribution in [0.3, 0.4) is 0 Å². The van der Waals surface area contributed by atoms with Gasteiger partial charge in [-0.2, -0.15) is 4.68 Å². The van der Waals surface area contributed by atoms with Crippen LogP contribution < -0.4 is 43.8 Å². The van der Waals surface area contributed by atoms with E-state index in [0.717, 1.165) is 64.5 Å². The van der Waals surface area contributed by atoms with Crippen LogP contribution in [0.2, 0.25) is 0 Å². The standard InChI is InChI=1S/C49H54N16O3S3/c1-2-28-69-48-58-42(53-23-21-50)39(51)43(59-48)64(52)30-33-17-15-32(16-18-33)10-9-22-54-44(66)36-19-25-63(26-20-36)27-24-55-45(67)38-29-56-47(71-38)61-60-41-40(35-13-7-4-8-14-35)62-65(46(41)68)49-57-37(31-70-49)34-11-5-3-6-12-34/h3-8,11-18,29,31,36,62H,2,19-28,30,50-52H2,1H3,(H,54,66)(H,55,67)(H,53,58,59). The van der Waals surface area contributed by atoms with Gasteiger partial charge in [0, 0.05) is 59.9 Å². The summed E-state index contributed by atoms with van der Waals surface area (Å²) in [4.78, 5) is 60.6. The average molecular weight is 1010 g/mol. The number of hydrazine groups is 1. The van der Waals surface area contributed by atoms with Gasteiger partial charge in [-0.1, -0.05) is 115 Å². The molecule has 22 heteroatoms. The van der Waals surface area contributed by atoms with E-state index >= 15 is 0 Å². The Bertz CT molecular complexity index is 3050. The average Bonchev–Trinajstić information content (AvgIpc) is 4.17. The maximum atomic E-state index is 13.8. The van der Waals surface area contributed by atoms with Crippen LogP contribution in [0.15, 0.2) is 117 Å². The molecule has 19 nitrogen and oxygen atoms in total. The number of thiazole rings is 2. The zero-order chi connectivity index (χ0) is 49.5. The minimum absolute atomic E-state index is 0.0131. The highest BCUT2D eigenvalue weighted by Crippen LogP contribution is 2.32. The molecule has 0 saturated carbocycles. The third-order valence-corrected chi connectivity index (χ3v) is 14.0. The second kappa shape index (κ2) is 24.5. The Morgan fingerprint density at radius 3 is 2.44 bits per heavy atom. The van der Waals surface area contributed by atoms with Gasteiger partial charge in [0.2, 0.25) is 16.2 Å². The first-order valence-corrected chi connectivity index (χ1v) is 25.8. The van der Waals surface area contributed by atoms with Crippen molar-refractivity contribution in [1.29, 1.82) is 0 Å². The van der Waals surface area contributed by atoms with E-state index in [-0.39, 0.29) is 35.1 Å². The number of thioether (sulfide) groups is 1. The molecule has 10 N–H and O–H groups in total. The summed E-state index contributed by atoms with van der Waals surface area (Å²) in [5.41, 5.74) is 16.8. The van der Waals surface area contributed by atoms with Gasteiger partial charge >= 0.3 is 5.56 Å². The van der Waals surface area contributed by atoms with Gasteiger partial charge in [0.05, 0.1) is 30.7 Å². The molecule has 0 spiro atoms. The zero-order valence-electron chi connectivity index (χ0n) is 39.0. The van der Waals surface area contributed by atoms with Crippen LogP contribution in [0.5, 0.6) is 0 Å². The number of likely N-dealkylation sites (tertiary alicyclic amines) is 1.